The van der Waals surface area contributed by atoms with Gasteiger partial charge in [0.25, 0.3) is 0 Å². The van der Waals surface area contributed by atoms with Crippen LogP contribution in [0.3, 0.4) is 0 Å². The molecule has 0 radical (unpaired) electrons. The van der Waals surface area contributed by atoms with E-state index in [9.17, 15) is 13.5 Å². The zero-order valence-electron chi connectivity index (χ0n) is 11.8. The molecule has 1 aromatic carbocycles. The molecule has 0 aliphatic rings. The molecule has 1 atom stereocenters. The molecule has 4 nitrogen and oxygen atoms in total. The van der Waals surface area contributed by atoms with Crippen molar-refractivity contribution in [1.82, 2.24) is 4.72 Å². The van der Waals surface area contributed by atoms with Crippen molar-refractivity contribution in [3.8, 4) is 0 Å². The smallest absolute Gasteiger partial charge is 0.240 e. The van der Waals surface area contributed by atoms with Gasteiger partial charge in [-0.1, -0.05) is 26.3 Å². The number of benzene rings is 1. The summed E-state index contributed by atoms with van der Waals surface area (Å²) in [6.45, 7) is 5.70. The Hall–Kier alpha value is -0.910. The third-order valence-electron chi connectivity index (χ3n) is 3.25. The Morgan fingerprint density at radius 1 is 1.32 bits per heavy atom. The van der Waals surface area contributed by atoms with E-state index >= 15 is 0 Å². The Morgan fingerprint density at radius 2 is 2.00 bits per heavy atom. The van der Waals surface area contributed by atoms with Crippen LogP contribution in [0.1, 0.15) is 44.2 Å². The van der Waals surface area contributed by atoms with Crippen molar-refractivity contribution >= 4 is 10.0 Å². The molecule has 1 rings (SSSR count). The van der Waals surface area contributed by atoms with Crippen molar-refractivity contribution < 1.29 is 13.5 Å². The van der Waals surface area contributed by atoms with Gasteiger partial charge in [-0.15, -0.1) is 0 Å². The summed E-state index contributed by atoms with van der Waals surface area (Å²) in [4.78, 5) is 0.219. The van der Waals surface area contributed by atoms with E-state index < -0.39 is 10.0 Å². The number of rotatable bonds is 7. The molecule has 0 heterocycles. The van der Waals surface area contributed by atoms with Crippen molar-refractivity contribution in [1.29, 1.82) is 0 Å². The number of hydrogen-bond acceptors (Lipinski definition) is 3. The summed E-state index contributed by atoms with van der Waals surface area (Å²) in [5.41, 5.74) is 1.54. The number of aryl methyl sites for hydroxylation is 1. The van der Waals surface area contributed by atoms with Crippen molar-refractivity contribution in [2.45, 2.75) is 57.6 Å². The van der Waals surface area contributed by atoms with Gasteiger partial charge in [0.15, 0.2) is 0 Å². The molecule has 0 aliphatic carbocycles. The van der Waals surface area contributed by atoms with E-state index in [-0.39, 0.29) is 17.5 Å². The van der Waals surface area contributed by atoms with Crippen LogP contribution in [-0.4, -0.2) is 19.6 Å². The summed E-state index contributed by atoms with van der Waals surface area (Å²) >= 11 is 0. The number of aliphatic hydroxyl groups excluding tert-OH is 1. The van der Waals surface area contributed by atoms with Gasteiger partial charge in [-0.3, -0.25) is 0 Å². The predicted octanol–water partition coefficient (Wildman–Crippen LogP) is 2.34. The van der Waals surface area contributed by atoms with Crippen LogP contribution in [0, 0.1) is 6.92 Å². The number of aliphatic hydroxyl groups is 1. The molecule has 108 valence electrons. The summed E-state index contributed by atoms with van der Waals surface area (Å²) in [6.07, 6.45) is 2.54. The third-order valence-corrected chi connectivity index (χ3v) is 4.77. The lowest BCUT2D eigenvalue weighted by atomic mass is 10.1. The Labute approximate surface area is 115 Å². The largest absolute Gasteiger partial charge is 0.392 e. The Morgan fingerprint density at radius 3 is 2.53 bits per heavy atom. The fourth-order valence-electron chi connectivity index (χ4n) is 1.97. The zero-order chi connectivity index (χ0) is 14.5. The van der Waals surface area contributed by atoms with Crippen LogP contribution in [0.4, 0.5) is 0 Å². The fourth-order valence-corrected chi connectivity index (χ4v) is 3.37. The summed E-state index contributed by atoms with van der Waals surface area (Å²) in [5.74, 6) is 0. The topological polar surface area (TPSA) is 66.4 Å². The van der Waals surface area contributed by atoms with Crippen LogP contribution >= 0.6 is 0 Å². The van der Waals surface area contributed by atoms with Gasteiger partial charge in [0.05, 0.1) is 11.5 Å². The second kappa shape index (κ2) is 7.03. The first-order valence-corrected chi connectivity index (χ1v) is 8.15. The molecule has 0 amide bonds. The van der Waals surface area contributed by atoms with Gasteiger partial charge in [-0.05, 0) is 43.0 Å². The van der Waals surface area contributed by atoms with Crippen molar-refractivity contribution in [2.75, 3.05) is 0 Å². The lowest BCUT2D eigenvalue weighted by Gasteiger charge is -2.17. The third kappa shape index (κ3) is 4.30. The van der Waals surface area contributed by atoms with Crippen molar-refractivity contribution in [3.05, 3.63) is 29.3 Å². The van der Waals surface area contributed by atoms with Crippen LogP contribution in [0.15, 0.2) is 23.1 Å². The van der Waals surface area contributed by atoms with E-state index in [0.29, 0.717) is 5.56 Å². The predicted molar refractivity (Wildman–Crippen MR) is 76.4 cm³/mol. The number of sulfonamides is 1. The van der Waals surface area contributed by atoms with Crippen LogP contribution in [0.2, 0.25) is 0 Å². The van der Waals surface area contributed by atoms with Crippen LogP contribution in [-0.2, 0) is 16.6 Å². The SMILES string of the molecule is CCCC(CC)NS(=O)(=O)c1ccc(C)c(CO)c1. The highest BCUT2D eigenvalue weighted by Gasteiger charge is 2.19. The first-order valence-electron chi connectivity index (χ1n) is 6.67. The molecule has 0 spiro atoms. The minimum atomic E-state index is -3.50. The average Bonchev–Trinajstić information content (AvgIpc) is 2.38. The molecule has 1 aromatic rings. The molecule has 0 saturated carbocycles. The van der Waals surface area contributed by atoms with Gasteiger partial charge in [0.1, 0.15) is 0 Å². The zero-order valence-corrected chi connectivity index (χ0v) is 12.6. The van der Waals surface area contributed by atoms with Crippen LogP contribution in [0.25, 0.3) is 0 Å². The quantitative estimate of drug-likeness (QED) is 0.808. The molecule has 0 fully saturated rings. The standard InChI is InChI=1S/C14H23NO3S/c1-4-6-13(5-2)15-19(17,18)14-8-7-11(3)12(9-14)10-16/h7-9,13,15-16H,4-6,10H2,1-3H3. The lowest BCUT2D eigenvalue weighted by molar-refractivity contribution is 0.280. The monoisotopic (exact) mass is 285 g/mol. The second-order valence-corrected chi connectivity index (χ2v) is 6.48. The van der Waals surface area contributed by atoms with Crippen LogP contribution < -0.4 is 4.72 Å². The molecular weight excluding hydrogens is 262 g/mol. The first kappa shape index (κ1) is 16.1. The highest BCUT2D eigenvalue weighted by atomic mass is 32.2. The molecule has 19 heavy (non-hydrogen) atoms. The maximum atomic E-state index is 12.3. The Balaban J connectivity index is 2.99. The highest BCUT2D eigenvalue weighted by molar-refractivity contribution is 7.89. The molecule has 5 heteroatoms. The van der Waals surface area contributed by atoms with Gasteiger partial charge in [0.2, 0.25) is 10.0 Å². The van der Waals surface area contributed by atoms with E-state index in [2.05, 4.69) is 4.72 Å². The van der Waals surface area contributed by atoms with E-state index in [1.807, 2.05) is 20.8 Å². The molecule has 1 unspecified atom stereocenters. The molecule has 0 aromatic heterocycles. The van der Waals surface area contributed by atoms with Gasteiger partial charge in [-0.2, -0.15) is 0 Å². The summed E-state index contributed by atoms with van der Waals surface area (Å²) < 4.78 is 27.2. The lowest BCUT2D eigenvalue weighted by Crippen LogP contribution is -2.34. The molecule has 0 bridgehead atoms. The molecular formula is C14H23NO3S. The molecule has 2 N–H and O–H groups in total. The van der Waals surface area contributed by atoms with E-state index in [0.717, 1.165) is 24.8 Å². The van der Waals surface area contributed by atoms with Crippen molar-refractivity contribution in [3.63, 3.8) is 0 Å². The normalized spacial score (nSPS) is 13.5. The Kier molecular flexibility index (Phi) is 5.97. The maximum Gasteiger partial charge on any atom is 0.240 e. The van der Waals surface area contributed by atoms with Gasteiger partial charge in [-0.25, -0.2) is 13.1 Å². The van der Waals surface area contributed by atoms with E-state index in [4.69, 9.17) is 0 Å². The highest BCUT2D eigenvalue weighted by Crippen LogP contribution is 2.17. The average molecular weight is 285 g/mol. The summed E-state index contributed by atoms with van der Waals surface area (Å²) in [5, 5.41) is 9.21. The Bertz CT molecular complexity index is 511. The van der Waals surface area contributed by atoms with Crippen LogP contribution in [0.5, 0.6) is 0 Å². The van der Waals surface area contributed by atoms with Gasteiger partial charge < -0.3 is 5.11 Å². The minimum absolute atomic E-state index is 0.0334. The van der Waals surface area contributed by atoms with E-state index in [1.54, 1.807) is 12.1 Å². The van der Waals surface area contributed by atoms with Gasteiger partial charge in [0, 0.05) is 6.04 Å². The first-order chi connectivity index (χ1) is 8.94. The summed E-state index contributed by atoms with van der Waals surface area (Å²) in [7, 11) is -3.50. The van der Waals surface area contributed by atoms with Crippen molar-refractivity contribution in [2.24, 2.45) is 0 Å². The molecule has 0 saturated heterocycles. The van der Waals surface area contributed by atoms with Gasteiger partial charge >= 0.3 is 0 Å². The summed E-state index contributed by atoms with van der Waals surface area (Å²) in [6, 6.07) is 4.81. The maximum absolute atomic E-state index is 12.3. The number of hydrogen-bond donors (Lipinski definition) is 2. The molecule has 0 aliphatic heterocycles. The van der Waals surface area contributed by atoms with E-state index in [1.165, 1.54) is 6.07 Å². The fraction of sp³-hybridized carbons (Fsp3) is 0.571. The minimum Gasteiger partial charge on any atom is -0.392 e. The second-order valence-electron chi connectivity index (χ2n) is 4.76. The number of nitrogens with one attached hydrogen (secondary N) is 1.